The number of aryl methyl sites for hydroxylation is 3. The molecule has 0 aliphatic carbocycles. The largest absolute Gasteiger partial charge is 0.369 e. The molecule has 3 aromatic rings. The third-order valence-electron chi connectivity index (χ3n) is 3.90. The number of sulfonamides is 1. The van der Waals surface area contributed by atoms with E-state index in [1.54, 1.807) is 17.7 Å². The summed E-state index contributed by atoms with van der Waals surface area (Å²) in [5, 5.41) is 7.49. The lowest BCUT2D eigenvalue weighted by Gasteiger charge is -2.10. The number of hydrogen-bond acceptors (Lipinski definition) is 6. The number of hydrogen-bond donors (Lipinski definition) is 2. The van der Waals surface area contributed by atoms with Crippen LogP contribution in [0.15, 0.2) is 41.3 Å². The van der Waals surface area contributed by atoms with Gasteiger partial charge in [-0.2, -0.15) is 5.10 Å². The normalized spacial score (nSPS) is 11.6. The van der Waals surface area contributed by atoms with Gasteiger partial charge in [0, 0.05) is 24.8 Å². The van der Waals surface area contributed by atoms with Gasteiger partial charge in [-0.25, -0.2) is 32.2 Å². The van der Waals surface area contributed by atoms with E-state index in [-0.39, 0.29) is 11.4 Å². The summed E-state index contributed by atoms with van der Waals surface area (Å²) in [7, 11) is -3.70. The molecule has 8 nitrogen and oxygen atoms in total. The minimum Gasteiger partial charge on any atom is -0.369 e. The molecule has 0 aliphatic rings. The van der Waals surface area contributed by atoms with Crippen molar-refractivity contribution in [2.24, 2.45) is 0 Å². The lowest BCUT2D eigenvalue weighted by molar-refractivity contribution is 0.582. The van der Waals surface area contributed by atoms with Crippen molar-refractivity contribution in [3.8, 4) is 5.82 Å². The van der Waals surface area contributed by atoms with Gasteiger partial charge < -0.3 is 5.32 Å². The summed E-state index contributed by atoms with van der Waals surface area (Å²) < 4.78 is 41.5. The van der Waals surface area contributed by atoms with Gasteiger partial charge in [-0.3, -0.25) is 0 Å². The molecule has 0 saturated heterocycles. The van der Waals surface area contributed by atoms with E-state index < -0.39 is 15.8 Å². The van der Waals surface area contributed by atoms with Gasteiger partial charge in [-0.15, -0.1) is 0 Å². The highest BCUT2D eigenvalue weighted by molar-refractivity contribution is 7.89. The first kappa shape index (κ1) is 19.9. The molecule has 2 N–H and O–H groups in total. The second kappa shape index (κ2) is 8.03. The molecule has 3 rings (SSSR count). The van der Waals surface area contributed by atoms with Crippen LogP contribution in [0.25, 0.3) is 5.82 Å². The number of anilines is 1. The Hall–Kier alpha value is -2.85. The third-order valence-corrected chi connectivity index (χ3v) is 5.38. The Balaban J connectivity index is 1.63. The Morgan fingerprint density at radius 3 is 2.39 bits per heavy atom. The molecule has 2 heterocycles. The Morgan fingerprint density at radius 1 is 1.04 bits per heavy atom. The maximum Gasteiger partial charge on any atom is 0.240 e. The molecule has 0 aliphatic heterocycles. The molecule has 0 unspecified atom stereocenters. The van der Waals surface area contributed by atoms with E-state index in [0.29, 0.717) is 24.0 Å². The standard InChI is InChI=1S/C18H21FN6O2S/c1-12-10-13(2)25(24-12)18-11-17(22-14(3)23-18)20-8-9-21-28(26,27)16-6-4-15(19)5-7-16/h4-7,10-11,21H,8-9H2,1-3H3,(H,20,22,23). The van der Waals surface area contributed by atoms with Crippen LogP contribution in [0.1, 0.15) is 17.2 Å². The first-order chi connectivity index (χ1) is 13.2. The Labute approximate surface area is 162 Å². The van der Waals surface area contributed by atoms with Gasteiger partial charge >= 0.3 is 0 Å². The van der Waals surface area contributed by atoms with Crippen LogP contribution >= 0.6 is 0 Å². The quantitative estimate of drug-likeness (QED) is 0.585. The average Bonchev–Trinajstić information content (AvgIpc) is 2.97. The van der Waals surface area contributed by atoms with Crippen molar-refractivity contribution in [2.45, 2.75) is 25.7 Å². The highest BCUT2D eigenvalue weighted by atomic mass is 32.2. The number of benzene rings is 1. The van der Waals surface area contributed by atoms with Gasteiger partial charge in [0.2, 0.25) is 10.0 Å². The summed E-state index contributed by atoms with van der Waals surface area (Å²) in [6, 6.07) is 8.36. The van der Waals surface area contributed by atoms with Crippen LogP contribution in [-0.2, 0) is 10.0 Å². The molecule has 0 amide bonds. The van der Waals surface area contributed by atoms with Crippen molar-refractivity contribution in [2.75, 3.05) is 18.4 Å². The van der Waals surface area contributed by atoms with Crippen molar-refractivity contribution in [3.63, 3.8) is 0 Å². The van der Waals surface area contributed by atoms with Gasteiger partial charge in [-0.1, -0.05) is 0 Å². The van der Waals surface area contributed by atoms with Crippen LogP contribution < -0.4 is 10.0 Å². The summed E-state index contributed by atoms with van der Waals surface area (Å²) in [4.78, 5) is 8.73. The number of halogens is 1. The Bertz CT molecular complexity index is 1080. The van der Waals surface area contributed by atoms with Crippen LogP contribution in [0.3, 0.4) is 0 Å². The zero-order valence-corrected chi connectivity index (χ0v) is 16.6. The molecule has 10 heteroatoms. The molecule has 0 radical (unpaired) electrons. The van der Waals surface area contributed by atoms with Gasteiger partial charge in [0.05, 0.1) is 10.6 Å². The minimum atomic E-state index is -3.70. The SMILES string of the molecule is Cc1cc(C)n(-c2cc(NCCNS(=O)(=O)c3ccc(F)cc3)nc(C)n2)n1. The summed E-state index contributed by atoms with van der Waals surface area (Å²) in [6.07, 6.45) is 0. The van der Waals surface area contributed by atoms with E-state index in [9.17, 15) is 12.8 Å². The first-order valence-electron chi connectivity index (χ1n) is 8.63. The molecule has 1 aromatic carbocycles. The molecule has 0 saturated carbocycles. The smallest absolute Gasteiger partial charge is 0.240 e. The van der Waals surface area contributed by atoms with E-state index in [4.69, 9.17) is 0 Å². The summed E-state index contributed by atoms with van der Waals surface area (Å²) in [6.45, 7) is 6.07. The van der Waals surface area contributed by atoms with Crippen LogP contribution in [0.4, 0.5) is 10.2 Å². The molecule has 148 valence electrons. The zero-order valence-electron chi connectivity index (χ0n) is 15.8. The van der Waals surface area contributed by atoms with Crippen molar-refractivity contribution in [1.82, 2.24) is 24.5 Å². The van der Waals surface area contributed by atoms with E-state index in [1.807, 2.05) is 19.9 Å². The number of rotatable bonds is 7. The van der Waals surface area contributed by atoms with Gasteiger partial charge in [-0.05, 0) is 51.1 Å². The summed E-state index contributed by atoms with van der Waals surface area (Å²) in [5.74, 6) is 1.28. The van der Waals surface area contributed by atoms with Crippen molar-refractivity contribution >= 4 is 15.8 Å². The van der Waals surface area contributed by atoms with E-state index in [2.05, 4.69) is 25.1 Å². The maximum atomic E-state index is 12.9. The Morgan fingerprint density at radius 2 is 1.75 bits per heavy atom. The lowest BCUT2D eigenvalue weighted by Crippen LogP contribution is -2.29. The predicted octanol–water partition coefficient (Wildman–Crippen LogP) is 2.12. The highest BCUT2D eigenvalue weighted by Crippen LogP contribution is 2.14. The van der Waals surface area contributed by atoms with Crippen molar-refractivity contribution < 1.29 is 12.8 Å². The van der Waals surface area contributed by atoms with Crippen molar-refractivity contribution in [1.29, 1.82) is 0 Å². The Kier molecular flexibility index (Phi) is 5.71. The molecule has 0 bridgehead atoms. The highest BCUT2D eigenvalue weighted by Gasteiger charge is 2.13. The molecule has 0 fully saturated rings. The van der Waals surface area contributed by atoms with Crippen LogP contribution in [0, 0.1) is 26.6 Å². The fourth-order valence-corrected chi connectivity index (χ4v) is 3.72. The van der Waals surface area contributed by atoms with Gasteiger partial charge in [0.25, 0.3) is 0 Å². The zero-order chi connectivity index (χ0) is 20.3. The first-order valence-corrected chi connectivity index (χ1v) is 10.1. The van der Waals surface area contributed by atoms with E-state index >= 15 is 0 Å². The molecule has 0 spiro atoms. The number of aromatic nitrogens is 4. The van der Waals surface area contributed by atoms with Gasteiger partial charge in [0.1, 0.15) is 17.5 Å². The fourth-order valence-electron chi connectivity index (χ4n) is 2.68. The molecule has 0 atom stereocenters. The van der Waals surface area contributed by atoms with Crippen LogP contribution in [0.2, 0.25) is 0 Å². The molecule has 2 aromatic heterocycles. The predicted molar refractivity (Wildman–Crippen MR) is 103 cm³/mol. The fraction of sp³-hybridized carbons (Fsp3) is 0.278. The third kappa shape index (κ3) is 4.70. The topological polar surface area (TPSA) is 102 Å². The molecule has 28 heavy (non-hydrogen) atoms. The van der Waals surface area contributed by atoms with E-state index in [0.717, 1.165) is 23.5 Å². The average molecular weight is 404 g/mol. The molecular weight excluding hydrogens is 383 g/mol. The van der Waals surface area contributed by atoms with Crippen LogP contribution in [-0.4, -0.2) is 41.3 Å². The lowest BCUT2D eigenvalue weighted by atomic mass is 10.4. The second-order valence-electron chi connectivity index (χ2n) is 6.28. The van der Waals surface area contributed by atoms with Crippen molar-refractivity contribution in [3.05, 3.63) is 59.4 Å². The van der Waals surface area contributed by atoms with Crippen LogP contribution in [0.5, 0.6) is 0 Å². The monoisotopic (exact) mass is 404 g/mol. The summed E-state index contributed by atoms with van der Waals surface area (Å²) in [5.41, 5.74) is 1.84. The second-order valence-corrected chi connectivity index (χ2v) is 8.04. The minimum absolute atomic E-state index is 0.0126. The molecular formula is C18H21FN6O2S. The van der Waals surface area contributed by atoms with E-state index in [1.165, 1.54) is 12.1 Å². The number of nitrogens with one attached hydrogen (secondary N) is 2. The number of nitrogens with zero attached hydrogens (tertiary/aromatic N) is 4. The summed E-state index contributed by atoms with van der Waals surface area (Å²) >= 11 is 0. The van der Waals surface area contributed by atoms with Gasteiger partial charge in [0.15, 0.2) is 5.82 Å². The maximum absolute atomic E-state index is 12.9.